The molecule has 4 nitrogen and oxygen atoms in total. The van der Waals surface area contributed by atoms with Crippen LogP contribution in [0.25, 0.3) is 5.57 Å². The summed E-state index contributed by atoms with van der Waals surface area (Å²) in [6.45, 7) is 10.4. The molecule has 0 radical (unpaired) electrons. The number of benzene rings is 1. The summed E-state index contributed by atoms with van der Waals surface area (Å²) < 4.78 is 10.7. The van der Waals surface area contributed by atoms with E-state index in [4.69, 9.17) is 9.47 Å². The van der Waals surface area contributed by atoms with Gasteiger partial charge in [-0.3, -0.25) is 0 Å². The average Bonchev–Trinajstić information content (AvgIpc) is 2.49. The van der Waals surface area contributed by atoms with Gasteiger partial charge in [0.25, 0.3) is 0 Å². The zero-order valence-corrected chi connectivity index (χ0v) is 15.1. The molecule has 1 atom stereocenters. The first kappa shape index (κ1) is 17.4. The topological polar surface area (TPSA) is 38.8 Å². The number of methoxy groups -OCH3 is 2. The van der Waals surface area contributed by atoms with E-state index in [0.717, 1.165) is 17.0 Å². The first-order chi connectivity index (χ1) is 10.7. The minimum atomic E-state index is -0.380. The SMILES string of the molecule is COC(=O)[C@@H](C(C)C)N1c2c(OC)cccc2C(C)=CC1(C)C. The fourth-order valence-corrected chi connectivity index (χ4v) is 3.51. The first-order valence-electron chi connectivity index (χ1n) is 7.98. The lowest BCUT2D eigenvalue weighted by Crippen LogP contribution is -2.56. The third-order valence-electron chi connectivity index (χ3n) is 4.43. The molecule has 1 aromatic carbocycles. The van der Waals surface area contributed by atoms with Crippen LogP contribution in [0.4, 0.5) is 5.69 Å². The number of hydrogen-bond acceptors (Lipinski definition) is 4. The van der Waals surface area contributed by atoms with E-state index in [1.54, 1.807) is 7.11 Å². The summed E-state index contributed by atoms with van der Waals surface area (Å²) in [6.07, 6.45) is 2.20. The molecule has 0 aliphatic carbocycles. The van der Waals surface area contributed by atoms with Crippen molar-refractivity contribution in [3.8, 4) is 5.75 Å². The third-order valence-corrected chi connectivity index (χ3v) is 4.43. The Kier molecular flexibility index (Phi) is 4.73. The number of carbonyl (C=O) groups is 1. The van der Waals surface area contributed by atoms with Crippen molar-refractivity contribution in [1.29, 1.82) is 0 Å². The minimum absolute atomic E-state index is 0.103. The number of rotatable bonds is 4. The number of carbonyl (C=O) groups excluding carboxylic acids is 1. The highest BCUT2D eigenvalue weighted by molar-refractivity contribution is 5.90. The largest absolute Gasteiger partial charge is 0.495 e. The zero-order chi connectivity index (χ0) is 17.4. The van der Waals surface area contributed by atoms with Crippen LogP contribution in [0.2, 0.25) is 0 Å². The average molecular weight is 317 g/mol. The van der Waals surface area contributed by atoms with Gasteiger partial charge in [0.1, 0.15) is 11.8 Å². The van der Waals surface area contributed by atoms with E-state index in [1.165, 1.54) is 12.7 Å². The van der Waals surface area contributed by atoms with Crippen LogP contribution in [0.15, 0.2) is 24.3 Å². The number of allylic oxidation sites excluding steroid dienone is 1. The summed E-state index contributed by atoms with van der Waals surface area (Å²) in [5, 5.41) is 0. The highest BCUT2D eigenvalue weighted by Gasteiger charge is 2.42. The molecular formula is C19H27NO3. The Balaban J connectivity index is 2.74. The van der Waals surface area contributed by atoms with Crippen molar-refractivity contribution in [3.63, 3.8) is 0 Å². The molecule has 126 valence electrons. The van der Waals surface area contributed by atoms with Crippen LogP contribution in [0, 0.1) is 5.92 Å². The minimum Gasteiger partial charge on any atom is -0.495 e. The van der Waals surface area contributed by atoms with Gasteiger partial charge in [-0.25, -0.2) is 4.79 Å². The molecule has 0 amide bonds. The Morgan fingerprint density at radius 1 is 1.22 bits per heavy atom. The van der Waals surface area contributed by atoms with E-state index in [9.17, 15) is 4.79 Å². The summed E-state index contributed by atoms with van der Waals surface area (Å²) in [5.41, 5.74) is 2.92. The lowest BCUT2D eigenvalue weighted by Gasteiger charge is -2.48. The second-order valence-corrected chi connectivity index (χ2v) is 6.92. The quantitative estimate of drug-likeness (QED) is 0.790. The van der Waals surface area contributed by atoms with Gasteiger partial charge in [0.05, 0.1) is 25.4 Å². The van der Waals surface area contributed by atoms with E-state index >= 15 is 0 Å². The summed E-state index contributed by atoms with van der Waals surface area (Å²) >= 11 is 0. The number of hydrogen-bond donors (Lipinski definition) is 0. The van der Waals surface area contributed by atoms with Crippen molar-refractivity contribution < 1.29 is 14.3 Å². The molecule has 0 saturated heterocycles. The predicted octanol–water partition coefficient (Wildman–Crippen LogP) is 3.89. The highest BCUT2D eigenvalue weighted by atomic mass is 16.5. The molecule has 0 aromatic heterocycles. The Hall–Kier alpha value is -1.97. The third kappa shape index (κ3) is 2.94. The fraction of sp³-hybridized carbons (Fsp3) is 0.526. The lowest BCUT2D eigenvalue weighted by atomic mass is 9.85. The van der Waals surface area contributed by atoms with Crippen LogP contribution in [0.3, 0.4) is 0 Å². The van der Waals surface area contributed by atoms with Gasteiger partial charge in [0.15, 0.2) is 0 Å². The summed E-state index contributed by atoms with van der Waals surface area (Å²) in [7, 11) is 3.11. The number of nitrogens with zero attached hydrogens (tertiary/aromatic N) is 1. The standard InChI is InChI=1S/C19H27NO3/c1-12(2)16(18(21)23-7)20-17-14(9-8-10-15(17)22-6)13(3)11-19(20,4)5/h8-12,16H,1-7H3/t16-/m1/s1. The molecule has 0 N–H and O–H groups in total. The maximum absolute atomic E-state index is 12.5. The van der Waals surface area contributed by atoms with Gasteiger partial charge in [-0.1, -0.05) is 32.1 Å². The van der Waals surface area contributed by atoms with Gasteiger partial charge in [-0.2, -0.15) is 0 Å². The summed E-state index contributed by atoms with van der Waals surface area (Å²) in [5.74, 6) is 0.654. The van der Waals surface area contributed by atoms with Crippen molar-refractivity contribution in [2.24, 2.45) is 5.92 Å². The molecule has 2 rings (SSSR count). The van der Waals surface area contributed by atoms with Crippen LogP contribution in [-0.2, 0) is 9.53 Å². The van der Waals surface area contributed by atoms with Gasteiger partial charge in [-0.05, 0) is 38.3 Å². The maximum Gasteiger partial charge on any atom is 0.328 e. The zero-order valence-electron chi connectivity index (χ0n) is 15.1. The second-order valence-electron chi connectivity index (χ2n) is 6.92. The molecule has 23 heavy (non-hydrogen) atoms. The number of para-hydroxylation sites is 1. The molecule has 0 saturated carbocycles. The molecule has 0 bridgehead atoms. The van der Waals surface area contributed by atoms with Crippen LogP contribution in [0.5, 0.6) is 5.75 Å². The Bertz CT molecular complexity index is 632. The molecular weight excluding hydrogens is 290 g/mol. The van der Waals surface area contributed by atoms with Gasteiger partial charge in [0.2, 0.25) is 0 Å². The normalized spacial score (nSPS) is 17.4. The Morgan fingerprint density at radius 3 is 2.39 bits per heavy atom. The van der Waals surface area contributed by atoms with Crippen molar-refractivity contribution >= 4 is 17.2 Å². The number of esters is 1. The molecule has 1 heterocycles. The molecule has 1 aliphatic heterocycles. The van der Waals surface area contributed by atoms with Gasteiger partial charge in [0, 0.05) is 5.56 Å². The van der Waals surface area contributed by atoms with Gasteiger partial charge >= 0.3 is 5.97 Å². The number of fused-ring (bicyclic) bond motifs is 1. The molecule has 0 unspecified atom stereocenters. The van der Waals surface area contributed by atoms with Gasteiger partial charge in [-0.15, -0.1) is 0 Å². The van der Waals surface area contributed by atoms with E-state index in [-0.39, 0.29) is 23.5 Å². The van der Waals surface area contributed by atoms with Crippen molar-refractivity contribution in [2.45, 2.75) is 46.2 Å². The smallest absolute Gasteiger partial charge is 0.328 e. The predicted molar refractivity (Wildman–Crippen MR) is 93.8 cm³/mol. The number of anilines is 1. The molecule has 0 spiro atoms. The van der Waals surface area contributed by atoms with E-state index < -0.39 is 0 Å². The maximum atomic E-state index is 12.5. The second kappa shape index (κ2) is 6.26. The first-order valence-corrected chi connectivity index (χ1v) is 7.98. The van der Waals surface area contributed by atoms with Crippen molar-refractivity contribution in [2.75, 3.05) is 19.1 Å². The summed E-state index contributed by atoms with van der Waals surface area (Å²) in [4.78, 5) is 14.6. The number of ether oxygens (including phenoxy) is 2. The highest BCUT2D eigenvalue weighted by Crippen LogP contribution is 2.46. The molecule has 1 aromatic rings. The van der Waals surface area contributed by atoms with E-state index in [0.29, 0.717) is 0 Å². The summed E-state index contributed by atoms with van der Waals surface area (Å²) in [6, 6.07) is 5.61. The van der Waals surface area contributed by atoms with E-state index in [1.807, 2.05) is 26.0 Å². The Morgan fingerprint density at radius 2 is 1.87 bits per heavy atom. The van der Waals surface area contributed by atoms with Crippen LogP contribution >= 0.6 is 0 Å². The van der Waals surface area contributed by atoms with Gasteiger partial charge < -0.3 is 14.4 Å². The van der Waals surface area contributed by atoms with Crippen LogP contribution in [0.1, 0.15) is 40.2 Å². The van der Waals surface area contributed by atoms with Crippen LogP contribution < -0.4 is 9.64 Å². The fourth-order valence-electron chi connectivity index (χ4n) is 3.51. The van der Waals surface area contributed by atoms with E-state index in [2.05, 4.69) is 37.8 Å². The molecule has 1 aliphatic rings. The van der Waals surface area contributed by atoms with Crippen molar-refractivity contribution in [3.05, 3.63) is 29.8 Å². The monoisotopic (exact) mass is 317 g/mol. The molecule has 4 heteroatoms. The van der Waals surface area contributed by atoms with Crippen LogP contribution in [-0.4, -0.2) is 31.8 Å². The Labute approximate surface area is 139 Å². The lowest BCUT2D eigenvalue weighted by molar-refractivity contribution is -0.143. The van der Waals surface area contributed by atoms with Crippen molar-refractivity contribution in [1.82, 2.24) is 0 Å². The molecule has 0 fully saturated rings.